The molecular weight excluding hydrogens is 317 g/mol. The predicted molar refractivity (Wildman–Crippen MR) is 71.3 cm³/mol. The number of halogens is 1. The van der Waals surface area contributed by atoms with Crippen LogP contribution in [0.4, 0.5) is 5.82 Å². The number of nitrogens with one attached hydrogen (secondary N) is 1. The van der Waals surface area contributed by atoms with Crippen LogP contribution in [-0.4, -0.2) is 27.2 Å². The van der Waals surface area contributed by atoms with Crippen molar-refractivity contribution >= 4 is 28.4 Å². The third-order valence-corrected chi connectivity index (χ3v) is 3.76. The van der Waals surface area contributed by atoms with Crippen LogP contribution < -0.4 is 5.32 Å². The average molecular weight is 333 g/mol. The smallest absolute Gasteiger partial charge is 0.143 e. The molecule has 1 heterocycles. The molecule has 2 N–H and O–H groups in total. The lowest BCUT2D eigenvalue weighted by atomic mass is 10.1. The molecule has 16 heavy (non-hydrogen) atoms. The highest BCUT2D eigenvalue weighted by molar-refractivity contribution is 14.1. The zero-order valence-corrected chi connectivity index (χ0v) is 11.2. The molecule has 0 amide bonds. The molecule has 0 bridgehead atoms. The summed E-state index contributed by atoms with van der Waals surface area (Å²) in [6.07, 6.45) is 8.48. The second-order valence-electron chi connectivity index (χ2n) is 4.18. The van der Waals surface area contributed by atoms with Gasteiger partial charge in [-0.1, -0.05) is 19.3 Å². The first-order valence-electron chi connectivity index (χ1n) is 5.67. The van der Waals surface area contributed by atoms with Crippen molar-refractivity contribution in [2.24, 2.45) is 0 Å². The van der Waals surface area contributed by atoms with E-state index in [4.69, 9.17) is 0 Å². The molecule has 1 aromatic rings. The molecular formula is C11H16IN3O. The van der Waals surface area contributed by atoms with Crippen molar-refractivity contribution < 1.29 is 5.11 Å². The van der Waals surface area contributed by atoms with Gasteiger partial charge < -0.3 is 10.4 Å². The summed E-state index contributed by atoms with van der Waals surface area (Å²) in [6, 6.07) is 0.130. The number of hydrogen-bond donors (Lipinski definition) is 2. The minimum Gasteiger partial charge on any atom is -0.391 e. The molecule has 0 spiro atoms. The van der Waals surface area contributed by atoms with E-state index in [1.807, 2.05) is 0 Å². The third kappa shape index (κ3) is 3.04. The fraction of sp³-hybridized carbons (Fsp3) is 0.636. The van der Waals surface area contributed by atoms with Crippen LogP contribution in [0.25, 0.3) is 0 Å². The number of anilines is 1. The number of rotatable bonds is 2. The van der Waals surface area contributed by atoms with Crippen LogP contribution in [-0.2, 0) is 0 Å². The Bertz CT molecular complexity index is 348. The molecule has 2 atom stereocenters. The molecule has 2 rings (SSSR count). The summed E-state index contributed by atoms with van der Waals surface area (Å²) >= 11 is 2.20. The van der Waals surface area contributed by atoms with Crippen LogP contribution >= 0.6 is 22.6 Å². The van der Waals surface area contributed by atoms with Crippen LogP contribution in [0, 0.1) is 3.57 Å². The van der Waals surface area contributed by atoms with E-state index < -0.39 is 0 Å². The maximum atomic E-state index is 9.99. The molecule has 0 aromatic carbocycles. The highest BCUT2D eigenvalue weighted by Gasteiger charge is 2.22. The van der Waals surface area contributed by atoms with Crippen molar-refractivity contribution in [1.82, 2.24) is 9.97 Å². The van der Waals surface area contributed by atoms with Crippen molar-refractivity contribution in [2.45, 2.75) is 44.2 Å². The van der Waals surface area contributed by atoms with Gasteiger partial charge in [0.2, 0.25) is 0 Å². The van der Waals surface area contributed by atoms with Crippen LogP contribution in [0.1, 0.15) is 32.1 Å². The molecule has 1 aromatic heterocycles. The van der Waals surface area contributed by atoms with Gasteiger partial charge in [0.05, 0.1) is 15.7 Å². The monoisotopic (exact) mass is 333 g/mol. The first kappa shape index (κ1) is 12.0. The van der Waals surface area contributed by atoms with E-state index in [-0.39, 0.29) is 12.1 Å². The Morgan fingerprint density at radius 3 is 2.94 bits per heavy atom. The maximum Gasteiger partial charge on any atom is 0.143 e. The van der Waals surface area contributed by atoms with Gasteiger partial charge in [-0.3, -0.25) is 0 Å². The lowest BCUT2D eigenvalue weighted by Gasteiger charge is -2.22. The number of hydrogen-bond acceptors (Lipinski definition) is 4. The lowest BCUT2D eigenvalue weighted by Crippen LogP contribution is -2.33. The molecule has 1 fully saturated rings. The molecule has 4 nitrogen and oxygen atoms in total. The Balaban J connectivity index is 2.05. The van der Waals surface area contributed by atoms with Gasteiger partial charge in [0.25, 0.3) is 0 Å². The zero-order valence-electron chi connectivity index (χ0n) is 9.06. The molecule has 2 unspecified atom stereocenters. The van der Waals surface area contributed by atoms with Gasteiger partial charge in [-0.25, -0.2) is 9.97 Å². The highest BCUT2D eigenvalue weighted by atomic mass is 127. The van der Waals surface area contributed by atoms with Gasteiger partial charge in [0, 0.05) is 6.20 Å². The topological polar surface area (TPSA) is 58.0 Å². The van der Waals surface area contributed by atoms with E-state index >= 15 is 0 Å². The third-order valence-electron chi connectivity index (χ3n) is 2.97. The number of aliphatic hydroxyl groups is 1. The van der Waals surface area contributed by atoms with Crippen molar-refractivity contribution in [3.63, 3.8) is 0 Å². The molecule has 0 saturated heterocycles. The van der Waals surface area contributed by atoms with Gasteiger partial charge in [-0.2, -0.15) is 0 Å². The molecule has 5 heteroatoms. The van der Waals surface area contributed by atoms with E-state index in [2.05, 4.69) is 37.9 Å². The zero-order chi connectivity index (χ0) is 11.4. The van der Waals surface area contributed by atoms with E-state index in [9.17, 15) is 5.11 Å². The van der Waals surface area contributed by atoms with E-state index in [1.54, 1.807) is 6.20 Å². The van der Waals surface area contributed by atoms with Crippen LogP contribution in [0.3, 0.4) is 0 Å². The maximum absolute atomic E-state index is 9.99. The number of aromatic nitrogens is 2. The molecule has 1 aliphatic carbocycles. The summed E-state index contributed by atoms with van der Waals surface area (Å²) in [4.78, 5) is 8.15. The first-order valence-corrected chi connectivity index (χ1v) is 6.75. The molecule has 1 saturated carbocycles. The van der Waals surface area contributed by atoms with Crippen LogP contribution in [0.15, 0.2) is 12.5 Å². The van der Waals surface area contributed by atoms with Gasteiger partial charge >= 0.3 is 0 Å². The summed E-state index contributed by atoms with van der Waals surface area (Å²) in [5, 5.41) is 13.3. The van der Waals surface area contributed by atoms with Crippen LogP contribution in [0.2, 0.25) is 0 Å². The Morgan fingerprint density at radius 1 is 1.31 bits per heavy atom. The average Bonchev–Trinajstić information content (AvgIpc) is 2.48. The fourth-order valence-corrected chi connectivity index (χ4v) is 2.51. The largest absolute Gasteiger partial charge is 0.391 e. The van der Waals surface area contributed by atoms with Gasteiger partial charge in [-0.05, 0) is 35.4 Å². The quantitative estimate of drug-likeness (QED) is 0.643. The van der Waals surface area contributed by atoms with Crippen LogP contribution in [0.5, 0.6) is 0 Å². The summed E-state index contributed by atoms with van der Waals surface area (Å²) in [5.41, 5.74) is 0. The van der Waals surface area contributed by atoms with Gasteiger partial charge in [-0.15, -0.1) is 0 Å². The summed E-state index contributed by atoms with van der Waals surface area (Å²) in [6.45, 7) is 0. The summed E-state index contributed by atoms with van der Waals surface area (Å²) < 4.78 is 0.997. The second-order valence-corrected chi connectivity index (χ2v) is 5.34. The summed E-state index contributed by atoms with van der Waals surface area (Å²) in [7, 11) is 0. The van der Waals surface area contributed by atoms with E-state index in [1.165, 1.54) is 19.2 Å². The second kappa shape index (κ2) is 5.77. The molecule has 0 radical (unpaired) electrons. The van der Waals surface area contributed by atoms with Crippen molar-refractivity contribution in [1.29, 1.82) is 0 Å². The van der Waals surface area contributed by atoms with Crippen molar-refractivity contribution in [3.8, 4) is 0 Å². The molecule has 88 valence electrons. The SMILES string of the molecule is OC1CCCCCC1Nc1ncncc1I. The van der Waals surface area contributed by atoms with Crippen molar-refractivity contribution in [3.05, 3.63) is 16.1 Å². The lowest BCUT2D eigenvalue weighted by molar-refractivity contribution is 0.144. The minimum atomic E-state index is -0.256. The number of aliphatic hydroxyl groups excluding tert-OH is 1. The Hall–Kier alpha value is -0.430. The Labute approximate surface area is 109 Å². The normalized spacial score (nSPS) is 26.1. The van der Waals surface area contributed by atoms with Crippen molar-refractivity contribution in [2.75, 3.05) is 5.32 Å². The minimum absolute atomic E-state index is 0.130. The highest BCUT2D eigenvalue weighted by Crippen LogP contribution is 2.22. The predicted octanol–water partition coefficient (Wildman–Crippen LogP) is 2.19. The molecule has 1 aliphatic rings. The van der Waals surface area contributed by atoms with Gasteiger partial charge in [0.1, 0.15) is 12.1 Å². The first-order chi connectivity index (χ1) is 7.77. The Kier molecular flexibility index (Phi) is 4.34. The standard InChI is InChI=1S/C11H16IN3O/c12-8-6-13-7-14-11(8)15-9-4-2-1-3-5-10(9)16/h6-7,9-10,16H,1-5H2,(H,13,14,15). The van der Waals surface area contributed by atoms with Gasteiger partial charge in [0.15, 0.2) is 0 Å². The molecule has 0 aliphatic heterocycles. The summed E-state index contributed by atoms with van der Waals surface area (Å²) in [5.74, 6) is 0.835. The Morgan fingerprint density at radius 2 is 2.12 bits per heavy atom. The number of nitrogens with zero attached hydrogens (tertiary/aromatic N) is 2. The van der Waals surface area contributed by atoms with E-state index in [0.717, 1.165) is 28.7 Å². The fourth-order valence-electron chi connectivity index (χ4n) is 2.05. The van der Waals surface area contributed by atoms with E-state index in [0.29, 0.717) is 0 Å².